The molecule has 2 aromatic carbocycles. The van der Waals surface area contributed by atoms with E-state index in [0.717, 1.165) is 28.3 Å². The van der Waals surface area contributed by atoms with Gasteiger partial charge in [-0.2, -0.15) is 0 Å². The van der Waals surface area contributed by atoms with Crippen LogP contribution in [0.3, 0.4) is 0 Å². The maximum atomic E-state index is 13.4. The summed E-state index contributed by atoms with van der Waals surface area (Å²) in [6.07, 6.45) is 4.58. The van der Waals surface area contributed by atoms with Gasteiger partial charge < -0.3 is 9.47 Å². The lowest BCUT2D eigenvalue weighted by molar-refractivity contribution is -0.133. The van der Waals surface area contributed by atoms with Gasteiger partial charge in [-0.3, -0.25) is 4.79 Å². The first-order valence-electron chi connectivity index (χ1n) is 9.96. The van der Waals surface area contributed by atoms with E-state index in [1.165, 1.54) is 0 Å². The Balaban J connectivity index is 1.81. The van der Waals surface area contributed by atoms with E-state index in [4.69, 9.17) is 11.6 Å². The number of carbonyl (C=O) groups excluding carboxylic acids is 1. The van der Waals surface area contributed by atoms with Gasteiger partial charge in [0.1, 0.15) is 0 Å². The summed E-state index contributed by atoms with van der Waals surface area (Å²) in [6, 6.07) is 21.9. The lowest BCUT2D eigenvalue weighted by Gasteiger charge is -2.27. The number of amides is 1. The number of rotatable bonds is 9. The highest BCUT2D eigenvalue weighted by atomic mass is 35.5. The number of aromatic nitrogens is 1. The molecule has 1 amide bonds. The fourth-order valence-corrected chi connectivity index (χ4v) is 3.80. The van der Waals surface area contributed by atoms with E-state index >= 15 is 0 Å². The zero-order valence-electron chi connectivity index (χ0n) is 16.8. The standard InChI is InChI=1S/C25H27ClN2O/c1-3-16-28(25(29)23(4-2)20-11-6-5-7-12-20)19-22-14-10-17-27(22)18-21-13-8-9-15-24(21)26/h3,5-15,17,23H,1,4,16,18-19H2,2H3/t23-/m1/s1. The highest BCUT2D eigenvalue weighted by Crippen LogP contribution is 2.24. The average molecular weight is 407 g/mol. The highest BCUT2D eigenvalue weighted by Gasteiger charge is 2.24. The van der Waals surface area contributed by atoms with Crippen molar-refractivity contribution in [2.45, 2.75) is 32.4 Å². The van der Waals surface area contributed by atoms with E-state index in [1.54, 1.807) is 6.08 Å². The molecule has 0 saturated carbocycles. The number of halogens is 1. The van der Waals surface area contributed by atoms with Crippen LogP contribution in [0.4, 0.5) is 0 Å². The Morgan fingerprint density at radius 3 is 2.52 bits per heavy atom. The maximum Gasteiger partial charge on any atom is 0.230 e. The molecule has 1 aromatic heterocycles. The molecule has 0 bridgehead atoms. The molecule has 0 saturated heterocycles. The molecule has 4 heteroatoms. The molecule has 29 heavy (non-hydrogen) atoms. The van der Waals surface area contributed by atoms with Crippen LogP contribution in [-0.4, -0.2) is 21.9 Å². The Morgan fingerprint density at radius 2 is 1.83 bits per heavy atom. The smallest absolute Gasteiger partial charge is 0.230 e. The normalized spacial score (nSPS) is 11.8. The molecule has 0 aliphatic carbocycles. The third kappa shape index (κ3) is 5.18. The van der Waals surface area contributed by atoms with Crippen LogP contribution in [0.15, 0.2) is 85.6 Å². The van der Waals surface area contributed by atoms with Gasteiger partial charge in [-0.05, 0) is 35.7 Å². The molecule has 3 aromatic rings. The number of benzene rings is 2. The van der Waals surface area contributed by atoms with Gasteiger partial charge in [0.25, 0.3) is 0 Å². The lowest BCUT2D eigenvalue weighted by Crippen LogP contribution is -2.35. The molecule has 0 aliphatic rings. The van der Waals surface area contributed by atoms with Crippen LogP contribution >= 0.6 is 11.6 Å². The van der Waals surface area contributed by atoms with Gasteiger partial charge in [-0.15, -0.1) is 6.58 Å². The van der Waals surface area contributed by atoms with Crippen molar-refractivity contribution in [1.82, 2.24) is 9.47 Å². The van der Waals surface area contributed by atoms with Crippen molar-refractivity contribution in [2.75, 3.05) is 6.54 Å². The molecule has 0 unspecified atom stereocenters. The van der Waals surface area contributed by atoms with E-state index in [1.807, 2.05) is 71.8 Å². The minimum Gasteiger partial charge on any atom is -0.345 e. The first-order chi connectivity index (χ1) is 14.1. The second-order valence-electron chi connectivity index (χ2n) is 7.10. The number of hydrogen-bond donors (Lipinski definition) is 0. The third-order valence-corrected chi connectivity index (χ3v) is 5.51. The van der Waals surface area contributed by atoms with Crippen LogP contribution in [0.5, 0.6) is 0 Å². The van der Waals surface area contributed by atoms with Gasteiger partial charge >= 0.3 is 0 Å². The SMILES string of the molecule is C=CCN(Cc1cccn1Cc1ccccc1Cl)C(=O)[C@H](CC)c1ccccc1. The first kappa shape index (κ1) is 20.9. The van der Waals surface area contributed by atoms with Gasteiger partial charge in [0.2, 0.25) is 5.91 Å². The fraction of sp³-hybridized carbons (Fsp3) is 0.240. The van der Waals surface area contributed by atoms with Crippen LogP contribution < -0.4 is 0 Å². The summed E-state index contributed by atoms with van der Waals surface area (Å²) in [4.78, 5) is 15.2. The molecule has 0 radical (unpaired) electrons. The maximum absolute atomic E-state index is 13.4. The first-order valence-corrected chi connectivity index (χ1v) is 10.3. The van der Waals surface area contributed by atoms with Crippen LogP contribution in [-0.2, 0) is 17.9 Å². The van der Waals surface area contributed by atoms with Crippen LogP contribution in [0.2, 0.25) is 5.02 Å². The predicted octanol–water partition coefficient (Wildman–Crippen LogP) is 5.90. The average Bonchev–Trinajstić information content (AvgIpc) is 3.17. The van der Waals surface area contributed by atoms with Crippen molar-refractivity contribution in [1.29, 1.82) is 0 Å². The third-order valence-electron chi connectivity index (χ3n) is 5.14. The van der Waals surface area contributed by atoms with Gasteiger partial charge in [-0.1, -0.05) is 73.1 Å². The summed E-state index contributed by atoms with van der Waals surface area (Å²) >= 11 is 6.34. The van der Waals surface area contributed by atoms with Crippen LogP contribution in [0, 0.1) is 0 Å². The predicted molar refractivity (Wildman–Crippen MR) is 120 cm³/mol. The second kappa shape index (κ2) is 10.1. The van der Waals surface area contributed by atoms with Gasteiger partial charge in [0.15, 0.2) is 0 Å². The molecule has 3 rings (SSSR count). The van der Waals surface area contributed by atoms with Gasteiger partial charge in [0.05, 0.1) is 12.5 Å². The molecule has 0 spiro atoms. The van der Waals surface area contributed by atoms with Crippen LogP contribution in [0.25, 0.3) is 0 Å². The number of carbonyl (C=O) groups is 1. The minimum atomic E-state index is -0.150. The van der Waals surface area contributed by atoms with Gasteiger partial charge in [-0.25, -0.2) is 0 Å². The van der Waals surface area contributed by atoms with E-state index in [0.29, 0.717) is 19.6 Å². The Kier molecular flexibility index (Phi) is 7.31. The molecular formula is C25H27ClN2O. The highest BCUT2D eigenvalue weighted by molar-refractivity contribution is 6.31. The number of hydrogen-bond acceptors (Lipinski definition) is 1. The monoisotopic (exact) mass is 406 g/mol. The summed E-state index contributed by atoms with van der Waals surface area (Å²) in [5, 5.41) is 0.751. The van der Waals surface area contributed by atoms with Crippen molar-refractivity contribution >= 4 is 17.5 Å². The van der Waals surface area contributed by atoms with Crippen molar-refractivity contribution in [3.8, 4) is 0 Å². The zero-order chi connectivity index (χ0) is 20.6. The Morgan fingerprint density at radius 1 is 1.10 bits per heavy atom. The summed E-state index contributed by atoms with van der Waals surface area (Å²) in [7, 11) is 0. The molecule has 0 fully saturated rings. The Labute approximate surface area is 178 Å². The largest absolute Gasteiger partial charge is 0.345 e. The summed E-state index contributed by atoms with van der Waals surface area (Å²) in [5.41, 5.74) is 3.19. The molecule has 1 heterocycles. The quantitative estimate of drug-likeness (QED) is 0.406. The lowest BCUT2D eigenvalue weighted by atomic mass is 9.95. The van der Waals surface area contributed by atoms with Crippen molar-refractivity contribution in [3.05, 3.63) is 107 Å². The topological polar surface area (TPSA) is 25.2 Å². The van der Waals surface area contributed by atoms with Gasteiger partial charge in [0, 0.05) is 30.0 Å². The molecule has 3 nitrogen and oxygen atoms in total. The van der Waals surface area contributed by atoms with E-state index in [9.17, 15) is 4.79 Å². The summed E-state index contributed by atoms with van der Waals surface area (Å²) in [6.45, 7) is 7.63. The molecule has 0 N–H and O–H groups in total. The van der Waals surface area contributed by atoms with Crippen molar-refractivity contribution < 1.29 is 4.79 Å². The molecule has 0 aliphatic heterocycles. The fourth-order valence-electron chi connectivity index (χ4n) is 3.60. The van der Waals surface area contributed by atoms with E-state index < -0.39 is 0 Å². The Bertz CT molecular complexity index is 948. The summed E-state index contributed by atoms with van der Waals surface area (Å²) < 4.78 is 2.15. The zero-order valence-corrected chi connectivity index (χ0v) is 17.6. The molecule has 150 valence electrons. The summed E-state index contributed by atoms with van der Waals surface area (Å²) in [5.74, 6) is -0.0211. The van der Waals surface area contributed by atoms with E-state index in [-0.39, 0.29) is 11.8 Å². The van der Waals surface area contributed by atoms with E-state index in [2.05, 4.69) is 24.1 Å². The van der Waals surface area contributed by atoms with Crippen molar-refractivity contribution in [3.63, 3.8) is 0 Å². The number of nitrogens with zero attached hydrogens (tertiary/aromatic N) is 2. The Hall–Kier alpha value is -2.78. The molecule has 1 atom stereocenters. The second-order valence-corrected chi connectivity index (χ2v) is 7.50. The van der Waals surface area contributed by atoms with Crippen molar-refractivity contribution in [2.24, 2.45) is 0 Å². The minimum absolute atomic E-state index is 0.129. The molecular weight excluding hydrogens is 380 g/mol. The van der Waals surface area contributed by atoms with Crippen LogP contribution in [0.1, 0.15) is 36.1 Å².